The molecule has 1 aliphatic carbocycles. The fraction of sp³-hybridized carbons (Fsp3) is 0.619. The first-order valence-electron chi connectivity index (χ1n) is 9.88. The summed E-state index contributed by atoms with van der Waals surface area (Å²) in [6.07, 6.45) is 5.68. The molecule has 5 heteroatoms. The minimum Gasteiger partial charge on any atom is -0.339 e. The van der Waals surface area contributed by atoms with Gasteiger partial charge in [0.1, 0.15) is 0 Å². The summed E-state index contributed by atoms with van der Waals surface area (Å²) in [5, 5.41) is 3.04. The molecule has 142 valence electrons. The molecule has 0 unspecified atom stereocenters. The molecule has 0 spiro atoms. The van der Waals surface area contributed by atoms with Crippen LogP contribution in [0.1, 0.15) is 48.8 Å². The highest BCUT2D eigenvalue weighted by Gasteiger charge is 2.29. The maximum Gasteiger partial charge on any atom is 0.321 e. The number of hydrogen-bond donors (Lipinski definition) is 1. The molecule has 0 bridgehead atoms. The standard InChI is InChI=1S/C21H31N3O2/c1-15-13-17(3)19(14-16(15)2)22-21(26)24-11-9-23(10-12-24)20(25)18-7-5-4-6-8-18/h13-14,18H,4-12H2,1-3H3,(H,22,26). The number of anilines is 1. The van der Waals surface area contributed by atoms with Crippen molar-refractivity contribution in [2.75, 3.05) is 31.5 Å². The van der Waals surface area contributed by atoms with E-state index in [9.17, 15) is 9.59 Å². The lowest BCUT2D eigenvalue weighted by atomic mass is 9.88. The predicted octanol–water partition coefficient (Wildman–Crippen LogP) is 3.87. The summed E-state index contributed by atoms with van der Waals surface area (Å²) in [6.45, 7) is 8.66. The van der Waals surface area contributed by atoms with E-state index in [1.807, 2.05) is 22.8 Å². The highest BCUT2D eigenvalue weighted by Crippen LogP contribution is 2.26. The van der Waals surface area contributed by atoms with Crippen LogP contribution in [-0.4, -0.2) is 47.9 Å². The number of urea groups is 1. The van der Waals surface area contributed by atoms with Crippen LogP contribution < -0.4 is 5.32 Å². The van der Waals surface area contributed by atoms with Crippen LogP contribution in [0.15, 0.2) is 12.1 Å². The molecule has 3 amide bonds. The van der Waals surface area contributed by atoms with Gasteiger partial charge in [0, 0.05) is 37.8 Å². The van der Waals surface area contributed by atoms with Crippen molar-refractivity contribution in [2.45, 2.75) is 52.9 Å². The normalized spacial score (nSPS) is 18.7. The minimum absolute atomic E-state index is 0.0684. The van der Waals surface area contributed by atoms with Crippen molar-refractivity contribution >= 4 is 17.6 Å². The second-order valence-corrected chi connectivity index (χ2v) is 7.83. The topological polar surface area (TPSA) is 52.7 Å². The van der Waals surface area contributed by atoms with E-state index in [1.165, 1.54) is 30.4 Å². The van der Waals surface area contributed by atoms with E-state index in [0.29, 0.717) is 32.1 Å². The van der Waals surface area contributed by atoms with Crippen LogP contribution >= 0.6 is 0 Å². The largest absolute Gasteiger partial charge is 0.339 e. The summed E-state index contributed by atoms with van der Waals surface area (Å²) in [6, 6.07) is 4.07. The maximum atomic E-state index is 12.6. The van der Waals surface area contributed by atoms with E-state index in [-0.39, 0.29) is 11.9 Å². The molecule has 1 aromatic carbocycles. The number of carbonyl (C=O) groups is 2. The summed E-state index contributed by atoms with van der Waals surface area (Å²) in [5.41, 5.74) is 4.36. The molecule has 3 rings (SSSR count). The van der Waals surface area contributed by atoms with Crippen LogP contribution in [-0.2, 0) is 4.79 Å². The van der Waals surface area contributed by atoms with Gasteiger partial charge < -0.3 is 15.1 Å². The average molecular weight is 357 g/mol. The zero-order valence-electron chi connectivity index (χ0n) is 16.3. The van der Waals surface area contributed by atoms with Gasteiger partial charge in [-0.2, -0.15) is 0 Å². The zero-order chi connectivity index (χ0) is 18.7. The highest BCUT2D eigenvalue weighted by atomic mass is 16.2. The molecule has 1 aliphatic heterocycles. The van der Waals surface area contributed by atoms with Gasteiger partial charge in [0.15, 0.2) is 0 Å². The molecule has 1 saturated heterocycles. The summed E-state index contributed by atoms with van der Waals surface area (Å²) in [4.78, 5) is 29.0. The van der Waals surface area contributed by atoms with Crippen molar-refractivity contribution in [3.8, 4) is 0 Å². The van der Waals surface area contributed by atoms with Crippen molar-refractivity contribution in [3.63, 3.8) is 0 Å². The lowest BCUT2D eigenvalue weighted by Gasteiger charge is -2.37. The number of nitrogens with zero attached hydrogens (tertiary/aromatic N) is 2. The number of hydrogen-bond acceptors (Lipinski definition) is 2. The van der Waals surface area contributed by atoms with E-state index < -0.39 is 0 Å². The zero-order valence-corrected chi connectivity index (χ0v) is 16.3. The summed E-state index contributed by atoms with van der Waals surface area (Å²) in [7, 11) is 0. The summed E-state index contributed by atoms with van der Waals surface area (Å²) >= 11 is 0. The highest BCUT2D eigenvalue weighted by molar-refractivity contribution is 5.90. The molecular formula is C21H31N3O2. The Morgan fingerprint density at radius 1 is 0.846 bits per heavy atom. The van der Waals surface area contributed by atoms with Gasteiger partial charge in [-0.05, 0) is 56.4 Å². The van der Waals surface area contributed by atoms with Crippen LogP contribution in [0.5, 0.6) is 0 Å². The van der Waals surface area contributed by atoms with Crippen molar-refractivity contribution in [3.05, 3.63) is 28.8 Å². The molecule has 1 heterocycles. The van der Waals surface area contributed by atoms with Crippen molar-refractivity contribution in [2.24, 2.45) is 5.92 Å². The van der Waals surface area contributed by atoms with Crippen molar-refractivity contribution < 1.29 is 9.59 Å². The Morgan fingerprint density at radius 3 is 2.08 bits per heavy atom. The number of aryl methyl sites for hydroxylation is 3. The molecule has 1 saturated carbocycles. The number of rotatable bonds is 2. The quantitative estimate of drug-likeness (QED) is 0.873. The smallest absolute Gasteiger partial charge is 0.321 e. The molecule has 2 aliphatic rings. The van der Waals surface area contributed by atoms with Crippen LogP contribution in [0, 0.1) is 26.7 Å². The first-order valence-corrected chi connectivity index (χ1v) is 9.88. The average Bonchev–Trinajstić information content (AvgIpc) is 2.66. The molecule has 1 aromatic rings. The Bertz CT molecular complexity index is 672. The number of benzene rings is 1. The van der Waals surface area contributed by atoms with Crippen LogP contribution in [0.25, 0.3) is 0 Å². The molecule has 0 atom stereocenters. The van der Waals surface area contributed by atoms with Crippen molar-refractivity contribution in [1.29, 1.82) is 0 Å². The second-order valence-electron chi connectivity index (χ2n) is 7.83. The Labute approximate surface area is 156 Å². The van der Waals surface area contributed by atoms with E-state index in [2.05, 4.69) is 25.2 Å². The van der Waals surface area contributed by atoms with Crippen LogP contribution in [0.3, 0.4) is 0 Å². The van der Waals surface area contributed by atoms with Gasteiger partial charge in [-0.15, -0.1) is 0 Å². The second kappa shape index (κ2) is 8.11. The maximum absolute atomic E-state index is 12.6. The third-order valence-corrected chi connectivity index (χ3v) is 5.92. The van der Waals surface area contributed by atoms with Gasteiger partial charge in [0.2, 0.25) is 5.91 Å². The van der Waals surface area contributed by atoms with E-state index in [4.69, 9.17) is 0 Å². The van der Waals surface area contributed by atoms with E-state index in [1.54, 1.807) is 0 Å². The van der Waals surface area contributed by atoms with Crippen LogP contribution in [0.2, 0.25) is 0 Å². The predicted molar refractivity (Wildman–Crippen MR) is 104 cm³/mol. The Hall–Kier alpha value is -2.04. The van der Waals surface area contributed by atoms with Crippen LogP contribution in [0.4, 0.5) is 10.5 Å². The molecule has 2 fully saturated rings. The fourth-order valence-corrected chi connectivity index (χ4v) is 4.03. The Morgan fingerprint density at radius 2 is 1.42 bits per heavy atom. The van der Waals surface area contributed by atoms with Gasteiger partial charge in [0.25, 0.3) is 0 Å². The van der Waals surface area contributed by atoms with Crippen molar-refractivity contribution in [1.82, 2.24) is 9.80 Å². The third-order valence-electron chi connectivity index (χ3n) is 5.92. The Kier molecular flexibility index (Phi) is 5.84. The number of piperazine rings is 1. The van der Waals surface area contributed by atoms with Gasteiger partial charge in [-0.1, -0.05) is 25.3 Å². The molecule has 0 radical (unpaired) electrons. The molecular weight excluding hydrogens is 326 g/mol. The first kappa shape index (κ1) is 18.7. The minimum atomic E-state index is -0.0684. The lowest BCUT2D eigenvalue weighted by molar-refractivity contribution is -0.138. The molecule has 26 heavy (non-hydrogen) atoms. The first-order chi connectivity index (χ1) is 12.5. The molecule has 1 N–H and O–H groups in total. The molecule has 5 nitrogen and oxygen atoms in total. The van der Waals surface area contributed by atoms with E-state index in [0.717, 1.165) is 24.1 Å². The number of carbonyl (C=O) groups excluding carboxylic acids is 2. The molecule has 0 aromatic heterocycles. The fourth-order valence-electron chi connectivity index (χ4n) is 4.03. The van der Waals surface area contributed by atoms with Gasteiger partial charge in [-0.3, -0.25) is 4.79 Å². The van der Waals surface area contributed by atoms with Gasteiger partial charge >= 0.3 is 6.03 Å². The number of amides is 3. The summed E-state index contributed by atoms with van der Waals surface area (Å²) in [5.74, 6) is 0.511. The number of nitrogens with one attached hydrogen (secondary N) is 1. The third kappa shape index (κ3) is 4.19. The Balaban J connectivity index is 1.53. The SMILES string of the molecule is Cc1cc(C)c(NC(=O)N2CCN(C(=O)C3CCCCC3)CC2)cc1C. The summed E-state index contributed by atoms with van der Waals surface area (Å²) < 4.78 is 0. The van der Waals surface area contributed by atoms with Gasteiger partial charge in [-0.25, -0.2) is 4.79 Å². The van der Waals surface area contributed by atoms with Gasteiger partial charge in [0.05, 0.1) is 0 Å². The van der Waals surface area contributed by atoms with E-state index >= 15 is 0 Å². The lowest BCUT2D eigenvalue weighted by Crippen LogP contribution is -2.53. The monoisotopic (exact) mass is 357 g/mol.